The van der Waals surface area contributed by atoms with E-state index in [1.165, 1.54) is 12.1 Å². The number of rotatable bonds is 8. The van der Waals surface area contributed by atoms with Crippen molar-refractivity contribution in [1.29, 1.82) is 0 Å². The number of carbonyl (C=O) groups excluding carboxylic acids is 1. The Morgan fingerprint density at radius 2 is 1.78 bits per heavy atom. The molecule has 0 aliphatic heterocycles. The van der Waals surface area contributed by atoms with Crippen LogP contribution >= 0.6 is 0 Å². The smallest absolute Gasteiger partial charge is 0.223 e. The zero-order valence-corrected chi connectivity index (χ0v) is 13.0. The minimum atomic E-state index is -0.427. The highest BCUT2D eigenvalue weighted by Gasteiger charge is 2.06. The summed E-state index contributed by atoms with van der Waals surface area (Å²) in [6.07, 6.45) is 0.865. The molecule has 23 heavy (non-hydrogen) atoms. The normalized spacial score (nSPS) is 10.2. The van der Waals surface area contributed by atoms with Gasteiger partial charge in [-0.15, -0.1) is 0 Å². The van der Waals surface area contributed by atoms with Crippen LogP contribution in [0.1, 0.15) is 12.0 Å². The van der Waals surface area contributed by atoms with Crippen LogP contribution in [0.15, 0.2) is 48.5 Å². The summed E-state index contributed by atoms with van der Waals surface area (Å²) in [5.74, 6) is 0.416. The van der Waals surface area contributed by atoms with Gasteiger partial charge in [-0.05, 0) is 30.2 Å². The summed E-state index contributed by atoms with van der Waals surface area (Å²) in [6.45, 7) is 0.653. The molecule has 0 atom stereocenters. The molecule has 0 aliphatic rings. The maximum absolute atomic E-state index is 13.3. The summed E-state index contributed by atoms with van der Waals surface area (Å²) < 4.78 is 23.9. The Kier molecular flexibility index (Phi) is 6.41. The number of hydrogen-bond acceptors (Lipinski definition) is 3. The summed E-state index contributed by atoms with van der Waals surface area (Å²) in [6, 6.07) is 13.8. The molecule has 122 valence electrons. The number of benzene rings is 2. The predicted molar refractivity (Wildman–Crippen MR) is 86.2 cm³/mol. The summed E-state index contributed by atoms with van der Waals surface area (Å²) in [4.78, 5) is 11.7. The second kappa shape index (κ2) is 8.78. The lowest BCUT2D eigenvalue weighted by Gasteiger charge is -2.10. The van der Waals surface area contributed by atoms with Crippen molar-refractivity contribution < 1.29 is 18.7 Å². The molecule has 5 heteroatoms. The summed E-state index contributed by atoms with van der Waals surface area (Å²) in [5, 5.41) is 2.82. The van der Waals surface area contributed by atoms with Gasteiger partial charge in [-0.1, -0.05) is 30.3 Å². The van der Waals surface area contributed by atoms with E-state index in [0.717, 1.165) is 11.3 Å². The molecule has 0 bridgehead atoms. The van der Waals surface area contributed by atoms with Gasteiger partial charge in [-0.3, -0.25) is 4.79 Å². The number of methoxy groups -OCH3 is 1. The highest BCUT2D eigenvalue weighted by Crippen LogP contribution is 2.17. The molecule has 2 rings (SSSR count). The Bertz CT molecular complexity index is 646. The first-order chi connectivity index (χ1) is 11.2. The number of hydrogen-bond donors (Lipinski definition) is 1. The molecule has 2 aromatic rings. The molecular weight excluding hydrogens is 297 g/mol. The molecular formula is C18H20FNO3. The molecule has 0 spiro atoms. The Morgan fingerprint density at radius 1 is 1.09 bits per heavy atom. The van der Waals surface area contributed by atoms with E-state index in [9.17, 15) is 9.18 Å². The molecule has 0 radical (unpaired) electrons. The molecule has 0 unspecified atom stereocenters. The van der Waals surface area contributed by atoms with Crippen molar-refractivity contribution in [2.45, 2.75) is 12.8 Å². The zero-order chi connectivity index (χ0) is 16.5. The van der Waals surface area contributed by atoms with Crippen molar-refractivity contribution in [3.63, 3.8) is 0 Å². The second-order valence-corrected chi connectivity index (χ2v) is 4.94. The van der Waals surface area contributed by atoms with Gasteiger partial charge >= 0.3 is 0 Å². The van der Waals surface area contributed by atoms with Crippen LogP contribution < -0.4 is 14.8 Å². The molecule has 0 aromatic heterocycles. The van der Waals surface area contributed by atoms with Crippen molar-refractivity contribution in [3.8, 4) is 11.5 Å². The van der Waals surface area contributed by atoms with E-state index in [2.05, 4.69) is 5.32 Å². The Balaban J connectivity index is 1.68. The van der Waals surface area contributed by atoms with E-state index < -0.39 is 5.82 Å². The lowest BCUT2D eigenvalue weighted by molar-refractivity contribution is -0.121. The quantitative estimate of drug-likeness (QED) is 0.814. The predicted octanol–water partition coefficient (Wildman–Crippen LogP) is 2.96. The Hall–Kier alpha value is -2.56. The maximum atomic E-state index is 13.3. The largest absolute Gasteiger partial charge is 0.496 e. The van der Waals surface area contributed by atoms with Crippen LogP contribution in [0, 0.1) is 5.82 Å². The molecule has 0 saturated heterocycles. The van der Waals surface area contributed by atoms with Gasteiger partial charge in [0, 0.05) is 6.54 Å². The van der Waals surface area contributed by atoms with Gasteiger partial charge in [-0.2, -0.15) is 0 Å². The second-order valence-electron chi connectivity index (χ2n) is 4.94. The van der Waals surface area contributed by atoms with E-state index in [1.54, 1.807) is 19.2 Å². The monoisotopic (exact) mass is 317 g/mol. The average molecular weight is 317 g/mol. The Morgan fingerprint density at radius 3 is 2.52 bits per heavy atom. The third kappa shape index (κ3) is 5.29. The third-order valence-electron chi connectivity index (χ3n) is 3.33. The first kappa shape index (κ1) is 16.8. The third-order valence-corrected chi connectivity index (χ3v) is 3.33. The lowest BCUT2D eigenvalue weighted by Crippen LogP contribution is -2.27. The van der Waals surface area contributed by atoms with Gasteiger partial charge in [-0.25, -0.2) is 4.39 Å². The Labute approximate surface area is 135 Å². The SMILES string of the molecule is COc1ccccc1CCNC(=O)CCOc1ccccc1F. The van der Waals surface area contributed by atoms with Crippen LogP contribution in [-0.2, 0) is 11.2 Å². The van der Waals surface area contributed by atoms with Crippen LogP contribution in [-0.4, -0.2) is 26.2 Å². The van der Waals surface area contributed by atoms with Gasteiger partial charge in [0.25, 0.3) is 0 Å². The molecule has 0 saturated carbocycles. The maximum Gasteiger partial charge on any atom is 0.223 e. The molecule has 0 fully saturated rings. The average Bonchev–Trinajstić information content (AvgIpc) is 2.57. The van der Waals surface area contributed by atoms with Gasteiger partial charge < -0.3 is 14.8 Å². The molecule has 2 aromatic carbocycles. The number of halogens is 1. The summed E-state index contributed by atoms with van der Waals surface area (Å²) >= 11 is 0. The van der Waals surface area contributed by atoms with E-state index in [1.807, 2.05) is 24.3 Å². The van der Waals surface area contributed by atoms with Gasteiger partial charge in [0.1, 0.15) is 5.75 Å². The first-order valence-corrected chi connectivity index (χ1v) is 7.46. The fourth-order valence-electron chi connectivity index (χ4n) is 2.15. The fraction of sp³-hybridized carbons (Fsp3) is 0.278. The van der Waals surface area contributed by atoms with Gasteiger partial charge in [0.05, 0.1) is 20.1 Å². The number of amides is 1. The van der Waals surface area contributed by atoms with Crippen molar-refractivity contribution in [2.24, 2.45) is 0 Å². The number of ether oxygens (including phenoxy) is 2. The minimum absolute atomic E-state index is 0.128. The molecule has 0 heterocycles. The van der Waals surface area contributed by atoms with Crippen molar-refractivity contribution in [2.75, 3.05) is 20.3 Å². The number of carbonyl (C=O) groups is 1. The van der Waals surface area contributed by atoms with Crippen molar-refractivity contribution in [1.82, 2.24) is 5.32 Å². The van der Waals surface area contributed by atoms with Gasteiger partial charge in [0.15, 0.2) is 11.6 Å². The molecule has 1 N–H and O–H groups in total. The van der Waals surface area contributed by atoms with E-state index in [4.69, 9.17) is 9.47 Å². The van der Waals surface area contributed by atoms with E-state index in [-0.39, 0.29) is 24.7 Å². The molecule has 4 nitrogen and oxygen atoms in total. The lowest BCUT2D eigenvalue weighted by atomic mass is 10.1. The highest BCUT2D eigenvalue weighted by molar-refractivity contribution is 5.76. The van der Waals surface area contributed by atoms with Crippen molar-refractivity contribution in [3.05, 3.63) is 59.9 Å². The van der Waals surface area contributed by atoms with Crippen molar-refractivity contribution >= 4 is 5.91 Å². The standard InChI is InChI=1S/C18H20FNO3/c1-22-16-8-4-2-6-14(16)10-12-20-18(21)11-13-23-17-9-5-3-7-15(17)19/h2-9H,10-13H2,1H3,(H,20,21). The van der Waals surface area contributed by atoms with Crippen LogP contribution in [0.5, 0.6) is 11.5 Å². The first-order valence-electron chi connectivity index (χ1n) is 7.46. The van der Waals surface area contributed by atoms with Crippen LogP contribution in [0.4, 0.5) is 4.39 Å². The fourth-order valence-corrected chi connectivity index (χ4v) is 2.15. The van der Waals surface area contributed by atoms with Crippen LogP contribution in [0.25, 0.3) is 0 Å². The number of nitrogens with one attached hydrogen (secondary N) is 1. The number of para-hydroxylation sites is 2. The zero-order valence-electron chi connectivity index (χ0n) is 13.0. The molecule has 1 amide bonds. The minimum Gasteiger partial charge on any atom is -0.496 e. The molecule has 0 aliphatic carbocycles. The van der Waals surface area contributed by atoms with Gasteiger partial charge in [0.2, 0.25) is 5.91 Å². The van der Waals surface area contributed by atoms with E-state index in [0.29, 0.717) is 13.0 Å². The highest BCUT2D eigenvalue weighted by atomic mass is 19.1. The summed E-state index contributed by atoms with van der Waals surface area (Å²) in [7, 11) is 1.62. The topological polar surface area (TPSA) is 47.6 Å². The van der Waals surface area contributed by atoms with E-state index >= 15 is 0 Å². The van der Waals surface area contributed by atoms with Crippen LogP contribution in [0.3, 0.4) is 0 Å². The van der Waals surface area contributed by atoms with Crippen LogP contribution in [0.2, 0.25) is 0 Å². The summed E-state index contributed by atoms with van der Waals surface area (Å²) in [5.41, 5.74) is 1.04.